The first-order valence-electron chi connectivity index (χ1n) is 3.63. The van der Waals surface area contributed by atoms with Crippen molar-refractivity contribution in [1.82, 2.24) is 9.55 Å². The topological polar surface area (TPSA) is 34.9 Å². The van der Waals surface area contributed by atoms with Crippen molar-refractivity contribution in [2.45, 2.75) is 13.5 Å². The molecule has 0 aliphatic carbocycles. The van der Waals surface area contributed by atoms with Gasteiger partial charge in [0.05, 0.1) is 12.0 Å². The fourth-order valence-corrected chi connectivity index (χ4v) is 1.24. The molecule has 0 N–H and O–H groups in total. The Morgan fingerprint density at radius 2 is 2.46 bits per heavy atom. The molecule has 1 aromatic heterocycles. The van der Waals surface area contributed by atoms with E-state index in [1.807, 2.05) is 0 Å². The molecule has 0 aliphatic rings. The minimum atomic E-state index is -0.0951. The lowest BCUT2D eigenvalue weighted by molar-refractivity contribution is 0.741. The lowest BCUT2D eigenvalue weighted by atomic mass is 10.4. The first kappa shape index (κ1) is 10.5. The van der Waals surface area contributed by atoms with Crippen LogP contribution in [-0.4, -0.2) is 9.55 Å². The molecular formula is C8H8BrClN2O. The number of halogens is 2. The largest absolute Gasteiger partial charge is 0.294 e. The zero-order chi connectivity index (χ0) is 9.84. The quantitative estimate of drug-likeness (QED) is 0.819. The molecule has 0 aromatic carbocycles. The molecule has 0 saturated carbocycles. The van der Waals surface area contributed by atoms with Gasteiger partial charge in [-0.25, -0.2) is 4.98 Å². The van der Waals surface area contributed by atoms with Crippen molar-refractivity contribution in [2.24, 2.45) is 0 Å². The summed E-state index contributed by atoms with van der Waals surface area (Å²) >= 11 is 8.52. The van der Waals surface area contributed by atoms with Crippen molar-refractivity contribution in [1.29, 1.82) is 0 Å². The molecule has 13 heavy (non-hydrogen) atoms. The van der Waals surface area contributed by atoms with Gasteiger partial charge in [-0.2, -0.15) is 0 Å². The second-order valence-corrected chi connectivity index (χ2v) is 3.51. The predicted molar refractivity (Wildman–Crippen MR) is 55.9 cm³/mol. The van der Waals surface area contributed by atoms with Gasteiger partial charge in [0.2, 0.25) is 0 Å². The molecule has 1 rings (SSSR count). The molecule has 0 unspecified atom stereocenters. The van der Waals surface area contributed by atoms with Crippen LogP contribution < -0.4 is 5.56 Å². The van der Waals surface area contributed by atoms with E-state index in [1.54, 1.807) is 13.0 Å². The number of hydrogen-bond acceptors (Lipinski definition) is 2. The van der Waals surface area contributed by atoms with Crippen molar-refractivity contribution in [2.75, 3.05) is 0 Å². The molecular weight excluding hydrogens is 255 g/mol. The van der Waals surface area contributed by atoms with Crippen LogP contribution in [-0.2, 0) is 6.54 Å². The van der Waals surface area contributed by atoms with E-state index in [2.05, 4.69) is 20.9 Å². The average Bonchev–Trinajstić information content (AvgIpc) is 2.13. The summed E-state index contributed by atoms with van der Waals surface area (Å²) in [4.78, 5) is 15.5. The highest BCUT2D eigenvalue weighted by molar-refractivity contribution is 9.10. The van der Waals surface area contributed by atoms with Crippen LogP contribution in [0, 0.1) is 6.92 Å². The first-order valence-corrected chi connectivity index (χ1v) is 4.86. The normalized spacial score (nSPS) is 11.0. The van der Waals surface area contributed by atoms with E-state index in [1.165, 1.54) is 16.4 Å². The summed E-state index contributed by atoms with van der Waals surface area (Å²) in [6.45, 7) is 2.21. The van der Waals surface area contributed by atoms with E-state index in [9.17, 15) is 4.79 Å². The van der Waals surface area contributed by atoms with Gasteiger partial charge in [-0.05, 0) is 22.9 Å². The highest BCUT2D eigenvalue weighted by Crippen LogP contribution is 2.05. The van der Waals surface area contributed by atoms with E-state index in [4.69, 9.17) is 11.6 Å². The second kappa shape index (κ2) is 4.58. The minimum Gasteiger partial charge on any atom is -0.294 e. The maximum Gasteiger partial charge on any atom is 0.268 e. The molecule has 0 amide bonds. The lowest BCUT2D eigenvalue weighted by Crippen LogP contribution is -2.21. The van der Waals surface area contributed by atoms with Crippen LogP contribution in [0.5, 0.6) is 0 Å². The molecule has 1 heterocycles. The lowest BCUT2D eigenvalue weighted by Gasteiger charge is -2.02. The number of aryl methyl sites for hydroxylation is 1. The highest BCUT2D eigenvalue weighted by atomic mass is 79.9. The Labute approximate surface area is 89.2 Å². The van der Waals surface area contributed by atoms with Crippen LogP contribution in [0.4, 0.5) is 0 Å². The molecule has 0 bridgehead atoms. The summed E-state index contributed by atoms with van der Waals surface area (Å²) in [6, 6.07) is 0. The maximum absolute atomic E-state index is 11.5. The molecule has 0 atom stereocenters. The third-order valence-corrected chi connectivity index (χ3v) is 2.64. The third-order valence-electron chi connectivity index (χ3n) is 1.55. The summed E-state index contributed by atoms with van der Waals surface area (Å²) in [5.74, 6) is 0. The highest BCUT2D eigenvalue weighted by Gasteiger charge is 2.03. The molecule has 0 spiro atoms. The van der Waals surface area contributed by atoms with E-state index in [-0.39, 0.29) is 5.56 Å². The van der Waals surface area contributed by atoms with Gasteiger partial charge in [-0.3, -0.25) is 9.36 Å². The van der Waals surface area contributed by atoms with Gasteiger partial charge in [-0.1, -0.05) is 17.7 Å². The third kappa shape index (κ3) is 2.42. The Hall–Kier alpha value is -0.610. The van der Waals surface area contributed by atoms with Gasteiger partial charge in [0.1, 0.15) is 4.47 Å². The fraction of sp³-hybridized carbons (Fsp3) is 0.250. The zero-order valence-electron chi connectivity index (χ0n) is 7.00. The monoisotopic (exact) mass is 262 g/mol. The summed E-state index contributed by atoms with van der Waals surface area (Å²) in [7, 11) is 0. The average molecular weight is 264 g/mol. The Morgan fingerprint density at radius 3 is 3.08 bits per heavy atom. The smallest absolute Gasteiger partial charge is 0.268 e. The van der Waals surface area contributed by atoms with Gasteiger partial charge in [-0.15, -0.1) is 0 Å². The van der Waals surface area contributed by atoms with Gasteiger partial charge in [0.25, 0.3) is 5.56 Å². The SMILES string of the molecule is Cc1ncn(CC=CCl)c(=O)c1Br. The Bertz CT molecular complexity index is 386. The van der Waals surface area contributed by atoms with Gasteiger partial charge < -0.3 is 0 Å². The van der Waals surface area contributed by atoms with E-state index in [0.717, 1.165) is 0 Å². The number of rotatable bonds is 2. The predicted octanol–water partition coefficient (Wildman–Crippen LogP) is 2.07. The summed E-state index contributed by atoms with van der Waals surface area (Å²) in [6.07, 6.45) is 3.17. The molecule has 70 valence electrons. The first-order chi connectivity index (χ1) is 6.16. The fourth-order valence-electron chi connectivity index (χ4n) is 0.830. The summed E-state index contributed by atoms with van der Waals surface area (Å²) < 4.78 is 1.97. The Balaban J connectivity index is 3.11. The zero-order valence-corrected chi connectivity index (χ0v) is 9.34. The van der Waals surface area contributed by atoms with Crippen LogP contribution in [0.25, 0.3) is 0 Å². The van der Waals surface area contributed by atoms with Crippen molar-refractivity contribution in [3.63, 3.8) is 0 Å². The van der Waals surface area contributed by atoms with E-state index < -0.39 is 0 Å². The van der Waals surface area contributed by atoms with Crippen molar-refractivity contribution in [3.8, 4) is 0 Å². The van der Waals surface area contributed by atoms with Gasteiger partial charge in [0, 0.05) is 12.1 Å². The molecule has 3 nitrogen and oxygen atoms in total. The van der Waals surface area contributed by atoms with Gasteiger partial charge >= 0.3 is 0 Å². The number of hydrogen-bond donors (Lipinski definition) is 0. The standard InChI is InChI=1S/C8H8BrClN2O/c1-6-7(9)8(13)12(5-11-6)4-2-3-10/h2-3,5H,4H2,1H3. The van der Waals surface area contributed by atoms with Crippen LogP contribution in [0.1, 0.15) is 5.69 Å². The van der Waals surface area contributed by atoms with E-state index in [0.29, 0.717) is 16.7 Å². The van der Waals surface area contributed by atoms with Crippen molar-refractivity contribution >= 4 is 27.5 Å². The minimum absolute atomic E-state index is 0.0951. The van der Waals surface area contributed by atoms with E-state index >= 15 is 0 Å². The molecule has 0 radical (unpaired) electrons. The molecule has 0 aliphatic heterocycles. The van der Waals surface area contributed by atoms with Crippen molar-refractivity contribution < 1.29 is 0 Å². The Kier molecular flexibility index (Phi) is 3.69. The maximum atomic E-state index is 11.5. The van der Waals surface area contributed by atoms with Crippen LogP contribution in [0.3, 0.4) is 0 Å². The molecule has 0 saturated heterocycles. The van der Waals surface area contributed by atoms with Crippen molar-refractivity contribution in [3.05, 3.63) is 38.5 Å². The van der Waals surface area contributed by atoms with Crippen LogP contribution in [0.15, 0.2) is 27.2 Å². The molecule has 1 aromatic rings. The van der Waals surface area contributed by atoms with Gasteiger partial charge in [0.15, 0.2) is 0 Å². The second-order valence-electron chi connectivity index (χ2n) is 2.46. The summed E-state index contributed by atoms with van der Waals surface area (Å²) in [5, 5.41) is 0. The molecule has 5 heteroatoms. The number of nitrogens with zero attached hydrogens (tertiary/aromatic N) is 2. The Morgan fingerprint density at radius 1 is 1.77 bits per heavy atom. The summed E-state index contributed by atoms with van der Waals surface area (Å²) in [5.41, 5.74) is 1.97. The van der Waals surface area contributed by atoms with Crippen LogP contribution in [0.2, 0.25) is 0 Å². The molecule has 0 fully saturated rings. The van der Waals surface area contributed by atoms with Crippen LogP contribution >= 0.6 is 27.5 Å². The number of aromatic nitrogens is 2. The number of allylic oxidation sites excluding steroid dienone is 1.